The number of carbonyl (C=O) groups excluding carboxylic acids is 1. The highest BCUT2D eigenvalue weighted by Gasteiger charge is 2.27. The molecule has 3 rings (SSSR count). The summed E-state index contributed by atoms with van der Waals surface area (Å²) in [5, 5.41) is 11.4. The van der Waals surface area contributed by atoms with Gasteiger partial charge in [-0.25, -0.2) is 0 Å². The molecule has 7 heteroatoms. The van der Waals surface area contributed by atoms with Crippen LogP contribution in [0.3, 0.4) is 0 Å². The number of anilines is 1. The van der Waals surface area contributed by atoms with E-state index in [2.05, 4.69) is 20.5 Å². The highest BCUT2D eigenvalue weighted by atomic mass is 32.2. The van der Waals surface area contributed by atoms with Crippen molar-refractivity contribution in [1.29, 1.82) is 0 Å². The summed E-state index contributed by atoms with van der Waals surface area (Å²) in [5.74, 6) is -0.0750. The molecule has 5 nitrogen and oxygen atoms in total. The number of nitrogens with zero attached hydrogens (tertiary/aromatic N) is 3. The largest absolute Gasteiger partial charge is 0.323 e. The van der Waals surface area contributed by atoms with Gasteiger partial charge in [-0.3, -0.25) is 9.79 Å². The van der Waals surface area contributed by atoms with E-state index in [1.165, 1.54) is 23.1 Å². The molecule has 1 aliphatic rings. The van der Waals surface area contributed by atoms with Crippen molar-refractivity contribution in [2.45, 2.75) is 23.4 Å². The Kier molecular flexibility index (Phi) is 3.54. The Bertz CT molecular complexity index is 695. The second-order valence-corrected chi connectivity index (χ2v) is 6.88. The molecule has 1 atom stereocenters. The Morgan fingerprint density at radius 3 is 2.80 bits per heavy atom. The molecule has 1 N–H and O–H groups in total. The Labute approximate surface area is 124 Å². The molecule has 20 heavy (non-hydrogen) atoms. The molecular formula is C13H12N4OS2. The third-order valence-corrected chi connectivity index (χ3v) is 5.05. The number of amides is 1. The first-order valence-corrected chi connectivity index (χ1v) is 7.75. The van der Waals surface area contributed by atoms with Crippen molar-refractivity contribution < 1.29 is 4.79 Å². The SMILES string of the molecule is CC1=Nc2ccccc2NC(=O)[C@@H]1Sc1nnc(C)s1. The monoisotopic (exact) mass is 304 g/mol. The summed E-state index contributed by atoms with van der Waals surface area (Å²) in [6.07, 6.45) is 0. The molecule has 0 unspecified atom stereocenters. The lowest BCUT2D eigenvalue weighted by Gasteiger charge is -2.11. The molecular weight excluding hydrogens is 292 g/mol. The minimum atomic E-state index is -0.380. The molecule has 1 aromatic heterocycles. The van der Waals surface area contributed by atoms with Crippen molar-refractivity contribution in [3.8, 4) is 0 Å². The number of thioether (sulfide) groups is 1. The fraction of sp³-hybridized carbons (Fsp3) is 0.231. The Morgan fingerprint density at radius 1 is 1.25 bits per heavy atom. The third kappa shape index (κ3) is 2.59. The summed E-state index contributed by atoms with van der Waals surface area (Å²) in [7, 11) is 0. The number of benzene rings is 1. The van der Waals surface area contributed by atoms with E-state index in [1.54, 1.807) is 0 Å². The lowest BCUT2D eigenvalue weighted by atomic mass is 10.3. The van der Waals surface area contributed by atoms with Crippen LogP contribution in [0.2, 0.25) is 0 Å². The number of para-hydroxylation sites is 2. The van der Waals surface area contributed by atoms with E-state index in [9.17, 15) is 4.79 Å². The molecule has 0 aliphatic carbocycles. The summed E-state index contributed by atoms with van der Waals surface area (Å²) in [6, 6.07) is 7.53. The smallest absolute Gasteiger partial charge is 0.243 e. The number of aliphatic imine (C=N–C) groups is 1. The maximum absolute atomic E-state index is 12.3. The molecule has 102 valence electrons. The quantitative estimate of drug-likeness (QED) is 0.926. The van der Waals surface area contributed by atoms with Gasteiger partial charge in [0.1, 0.15) is 10.3 Å². The molecule has 1 aromatic carbocycles. The van der Waals surface area contributed by atoms with Crippen molar-refractivity contribution >= 4 is 46.1 Å². The van der Waals surface area contributed by atoms with Crippen LogP contribution in [-0.2, 0) is 4.79 Å². The van der Waals surface area contributed by atoms with Crippen LogP contribution in [0.25, 0.3) is 0 Å². The van der Waals surface area contributed by atoms with E-state index in [1.807, 2.05) is 38.1 Å². The first-order valence-electron chi connectivity index (χ1n) is 6.05. The minimum absolute atomic E-state index is 0.0750. The van der Waals surface area contributed by atoms with Crippen molar-refractivity contribution in [3.63, 3.8) is 0 Å². The van der Waals surface area contributed by atoms with Crippen LogP contribution in [0.5, 0.6) is 0 Å². The molecule has 2 aromatic rings. The summed E-state index contributed by atoms with van der Waals surface area (Å²) in [5.41, 5.74) is 2.30. The fourth-order valence-electron chi connectivity index (χ4n) is 1.88. The van der Waals surface area contributed by atoms with E-state index >= 15 is 0 Å². The first-order chi connectivity index (χ1) is 9.63. The first kappa shape index (κ1) is 13.3. The van der Waals surface area contributed by atoms with Gasteiger partial charge in [-0.2, -0.15) is 0 Å². The molecule has 2 heterocycles. The second-order valence-electron chi connectivity index (χ2n) is 4.34. The average Bonchev–Trinajstić information content (AvgIpc) is 2.78. The molecule has 0 bridgehead atoms. The van der Waals surface area contributed by atoms with E-state index in [0.717, 1.165) is 26.4 Å². The lowest BCUT2D eigenvalue weighted by molar-refractivity contribution is -0.114. The second kappa shape index (κ2) is 5.34. The number of aryl methyl sites for hydroxylation is 1. The van der Waals surface area contributed by atoms with Gasteiger partial charge in [-0.15, -0.1) is 10.2 Å². The summed E-state index contributed by atoms with van der Waals surface area (Å²) in [4.78, 5) is 16.9. The summed E-state index contributed by atoms with van der Waals surface area (Å²) >= 11 is 2.87. The molecule has 0 saturated carbocycles. The van der Waals surface area contributed by atoms with Gasteiger partial charge >= 0.3 is 0 Å². The lowest BCUT2D eigenvalue weighted by Crippen LogP contribution is -2.29. The number of carbonyl (C=O) groups is 1. The highest BCUT2D eigenvalue weighted by molar-refractivity contribution is 8.03. The normalized spacial score (nSPS) is 18.0. The van der Waals surface area contributed by atoms with Gasteiger partial charge in [0.25, 0.3) is 0 Å². The maximum Gasteiger partial charge on any atom is 0.243 e. The fourth-order valence-corrected chi connectivity index (χ4v) is 3.82. The van der Waals surface area contributed by atoms with Crippen molar-refractivity contribution in [2.24, 2.45) is 4.99 Å². The van der Waals surface area contributed by atoms with E-state index in [-0.39, 0.29) is 11.2 Å². The van der Waals surface area contributed by atoms with Gasteiger partial charge < -0.3 is 5.32 Å². The van der Waals surface area contributed by atoms with Crippen molar-refractivity contribution in [2.75, 3.05) is 5.32 Å². The van der Waals surface area contributed by atoms with Crippen LogP contribution < -0.4 is 5.32 Å². The van der Waals surface area contributed by atoms with Crippen LogP contribution in [-0.4, -0.2) is 27.1 Å². The van der Waals surface area contributed by atoms with Crippen LogP contribution in [0.4, 0.5) is 11.4 Å². The van der Waals surface area contributed by atoms with Gasteiger partial charge in [0.05, 0.1) is 11.4 Å². The van der Waals surface area contributed by atoms with Crippen LogP contribution in [0.15, 0.2) is 33.6 Å². The predicted octanol–water partition coefficient (Wildman–Crippen LogP) is 3.05. The number of hydrogen-bond acceptors (Lipinski definition) is 6. The van der Waals surface area contributed by atoms with Gasteiger partial charge in [0.15, 0.2) is 4.34 Å². The zero-order chi connectivity index (χ0) is 14.1. The van der Waals surface area contributed by atoms with Crippen LogP contribution in [0, 0.1) is 6.92 Å². The van der Waals surface area contributed by atoms with Gasteiger partial charge in [-0.05, 0) is 26.0 Å². The van der Waals surface area contributed by atoms with E-state index < -0.39 is 0 Å². The number of aromatic nitrogens is 2. The number of nitrogens with one attached hydrogen (secondary N) is 1. The number of rotatable bonds is 2. The molecule has 0 radical (unpaired) electrons. The van der Waals surface area contributed by atoms with Gasteiger partial charge in [-0.1, -0.05) is 35.2 Å². The molecule has 1 aliphatic heterocycles. The van der Waals surface area contributed by atoms with Crippen LogP contribution in [0.1, 0.15) is 11.9 Å². The Balaban J connectivity index is 1.92. The maximum atomic E-state index is 12.3. The Morgan fingerprint density at radius 2 is 2.05 bits per heavy atom. The van der Waals surface area contributed by atoms with Crippen molar-refractivity contribution in [3.05, 3.63) is 29.3 Å². The zero-order valence-corrected chi connectivity index (χ0v) is 12.6. The highest BCUT2D eigenvalue weighted by Crippen LogP contribution is 2.33. The topological polar surface area (TPSA) is 67.2 Å². The zero-order valence-electron chi connectivity index (χ0n) is 11.0. The molecule has 0 fully saturated rings. The molecule has 1 amide bonds. The van der Waals surface area contributed by atoms with Gasteiger partial charge in [0, 0.05) is 5.71 Å². The van der Waals surface area contributed by atoms with E-state index in [0.29, 0.717) is 0 Å². The molecule has 0 saturated heterocycles. The molecule has 0 spiro atoms. The average molecular weight is 304 g/mol. The van der Waals surface area contributed by atoms with Gasteiger partial charge in [0.2, 0.25) is 5.91 Å². The van der Waals surface area contributed by atoms with Crippen molar-refractivity contribution in [1.82, 2.24) is 10.2 Å². The number of hydrogen-bond donors (Lipinski definition) is 1. The third-order valence-electron chi connectivity index (χ3n) is 2.80. The standard InChI is InChI=1S/C13H12N4OS2/c1-7-11(20-13-17-16-8(2)19-13)12(18)15-10-6-4-3-5-9(10)14-7/h3-6,11H,1-2H3,(H,15,18)/t11-/m1/s1. The summed E-state index contributed by atoms with van der Waals surface area (Å²) < 4.78 is 0.781. The Hall–Kier alpha value is -1.73. The van der Waals surface area contributed by atoms with E-state index in [4.69, 9.17) is 0 Å². The summed E-state index contributed by atoms with van der Waals surface area (Å²) in [6.45, 7) is 3.76. The number of fused-ring (bicyclic) bond motifs is 1. The predicted molar refractivity (Wildman–Crippen MR) is 82.1 cm³/mol. The van der Waals surface area contributed by atoms with Crippen LogP contribution >= 0.6 is 23.1 Å². The minimum Gasteiger partial charge on any atom is -0.323 e.